The fraction of sp³-hybridized carbons (Fsp3) is 0.600. The number of likely N-dealkylation sites (N-methyl/N-ethyl adjacent to an activating group) is 1. The standard InChI is InChI=1S/C15H23FN2O2/c1-12(19)14-4-3-13(16)11-15(14)20-10-9-18-7-5-17(2)6-8-18/h3-4,11-12,19H,5-10H2,1-2H3/t12-/m0/s1. The first-order chi connectivity index (χ1) is 9.56. The number of hydrogen-bond donors (Lipinski definition) is 1. The number of aliphatic hydroxyl groups excluding tert-OH is 1. The van der Waals surface area contributed by atoms with Gasteiger partial charge >= 0.3 is 0 Å². The second-order valence-electron chi connectivity index (χ2n) is 5.35. The largest absolute Gasteiger partial charge is 0.492 e. The van der Waals surface area contributed by atoms with Gasteiger partial charge in [0.1, 0.15) is 18.2 Å². The zero-order chi connectivity index (χ0) is 14.5. The van der Waals surface area contributed by atoms with E-state index in [0.29, 0.717) is 17.9 Å². The third-order valence-corrected chi connectivity index (χ3v) is 3.69. The van der Waals surface area contributed by atoms with Crippen LogP contribution in [0, 0.1) is 5.82 Å². The van der Waals surface area contributed by atoms with E-state index < -0.39 is 6.10 Å². The molecule has 1 aromatic carbocycles. The molecule has 1 heterocycles. The maximum atomic E-state index is 13.3. The Labute approximate surface area is 119 Å². The first kappa shape index (κ1) is 15.2. The summed E-state index contributed by atoms with van der Waals surface area (Å²) in [5.41, 5.74) is 0.629. The summed E-state index contributed by atoms with van der Waals surface area (Å²) in [6, 6.07) is 4.26. The minimum atomic E-state index is -0.658. The number of rotatable bonds is 5. The predicted molar refractivity (Wildman–Crippen MR) is 76.5 cm³/mol. The van der Waals surface area contributed by atoms with Crippen molar-refractivity contribution >= 4 is 0 Å². The highest BCUT2D eigenvalue weighted by molar-refractivity contribution is 5.35. The summed E-state index contributed by atoms with van der Waals surface area (Å²) >= 11 is 0. The molecule has 1 atom stereocenters. The quantitative estimate of drug-likeness (QED) is 0.888. The molecule has 0 amide bonds. The van der Waals surface area contributed by atoms with Gasteiger partial charge in [0.15, 0.2) is 0 Å². The molecule has 0 saturated carbocycles. The molecule has 0 unspecified atom stereocenters. The van der Waals surface area contributed by atoms with Crippen molar-refractivity contribution in [2.24, 2.45) is 0 Å². The van der Waals surface area contributed by atoms with Crippen molar-refractivity contribution in [2.75, 3.05) is 46.4 Å². The zero-order valence-electron chi connectivity index (χ0n) is 12.2. The van der Waals surface area contributed by atoms with Crippen LogP contribution in [0.25, 0.3) is 0 Å². The van der Waals surface area contributed by atoms with E-state index in [9.17, 15) is 9.50 Å². The number of nitrogens with zero attached hydrogens (tertiary/aromatic N) is 2. The molecule has 1 aliphatic heterocycles. The minimum absolute atomic E-state index is 0.344. The normalized spacial score (nSPS) is 19.0. The van der Waals surface area contributed by atoms with Crippen LogP contribution in [0.5, 0.6) is 5.75 Å². The number of aliphatic hydroxyl groups is 1. The molecule has 0 bridgehead atoms. The van der Waals surface area contributed by atoms with Gasteiger partial charge in [0.05, 0.1) is 6.10 Å². The van der Waals surface area contributed by atoms with Crippen LogP contribution in [-0.2, 0) is 0 Å². The Morgan fingerprint density at radius 1 is 1.30 bits per heavy atom. The molecule has 112 valence electrons. The van der Waals surface area contributed by atoms with Crippen molar-refractivity contribution in [1.29, 1.82) is 0 Å². The Morgan fingerprint density at radius 2 is 2.00 bits per heavy atom. The monoisotopic (exact) mass is 282 g/mol. The van der Waals surface area contributed by atoms with E-state index in [4.69, 9.17) is 4.74 Å². The molecule has 1 aromatic rings. The molecule has 0 aromatic heterocycles. The van der Waals surface area contributed by atoms with Crippen LogP contribution in [0.4, 0.5) is 4.39 Å². The average Bonchev–Trinajstić information content (AvgIpc) is 2.41. The molecule has 0 radical (unpaired) electrons. The maximum Gasteiger partial charge on any atom is 0.128 e. The molecular weight excluding hydrogens is 259 g/mol. The minimum Gasteiger partial charge on any atom is -0.492 e. The van der Waals surface area contributed by atoms with Crippen molar-refractivity contribution in [3.63, 3.8) is 0 Å². The number of benzene rings is 1. The second kappa shape index (κ2) is 7.02. The van der Waals surface area contributed by atoms with Crippen molar-refractivity contribution in [2.45, 2.75) is 13.0 Å². The zero-order valence-corrected chi connectivity index (χ0v) is 12.2. The lowest BCUT2D eigenvalue weighted by molar-refractivity contribution is 0.131. The van der Waals surface area contributed by atoms with E-state index in [0.717, 1.165) is 32.7 Å². The third kappa shape index (κ3) is 4.16. The summed E-state index contributed by atoms with van der Waals surface area (Å²) in [7, 11) is 2.12. The highest BCUT2D eigenvalue weighted by Gasteiger charge is 2.14. The maximum absolute atomic E-state index is 13.3. The molecule has 1 fully saturated rings. The second-order valence-corrected chi connectivity index (χ2v) is 5.35. The summed E-state index contributed by atoms with van der Waals surface area (Å²) in [5.74, 6) is 0.0955. The lowest BCUT2D eigenvalue weighted by Crippen LogP contribution is -2.45. The molecule has 4 nitrogen and oxygen atoms in total. The van der Waals surface area contributed by atoms with Crippen LogP contribution in [0.2, 0.25) is 0 Å². The van der Waals surface area contributed by atoms with Crippen molar-refractivity contribution in [3.05, 3.63) is 29.6 Å². The lowest BCUT2D eigenvalue weighted by atomic mass is 10.1. The summed E-state index contributed by atoms with van der Waals surface area (Å²) < 4.78 is 18.9. The van der Waals surface area contributed by atoms with E-state index in [1.807, 2.05) is 0 Å². The van der Waals surface area contributed by atoms with Gasteiger partial charge < -0.3 is 14.7 Å². The van der Waals surface area contributed by atoms with Gasteiger partial charge in [-0.15, -0.1) is 0 Å². The van der Waals surface area contributed by atoms with E-state index in [-0.39, 0.29) is 5.82 Å². The van der Waals surface area contributed by atoms with Gasteiger partial charge in [0.25, 0.3) is 0 Å². The van der Waals surface area contributed by atoms with Crippen LogP contribution in [-0.4, -0.2) is 61.3 Å². The van der Waals surface area contributed by atoms with Crippen LogP contribution in [0.1, 0.15) is 18.6 Å². The van der Waals surface area contributed by atoms with Crippen molar-refractivity contribution < 1.29 is 14.2 Å². The van der Waals surface area contributed by atoms with E-state index in [1.54, 1.807) is 13.0 Å². The van der Waals surface area contributed by atoms with Gasteiger partial charge in [-0.3, -0.25) is 4.90 Å². The SMILES string of the molecule is C[C@H](O)c1ccc(F)cc1OCCN1CCN(C)CC1. The first-order valence-electron chi connectivity index (χ1n) is 7.07. The summed E-state index contributed by atoms with van der Waals surface area (Å²) in [4.78, 5) is 4.64. The lowest BCUT2D eigenvalue weighted by Gasteiger charge is -2.32. The summed E-state index contributed by atoms with van der Waals surface area (Å²) in [5, 5.41) is 9.65. The van der Waals surface area contributed by atoms with E-state index in [2.05, 4.69) is 16.8 Å². The fourth-order valence-electron chi connectivity index (χ4n) is 2.33. The van der Waals surface area contributed by atoms with Crippen molar-refractivity contribution in [1.82, 2.24) is 9.80 Å². The van der Waals surface area contributed by atoms with Crippen LogP contribution in [0.15, 0.2) is 18.2 Å². The smallest absolute Gasteiger partial charge is 0.128 e. The molecule has 1 aliphatic rings. The first-order valence-corrected chi connectivity index (χ1v) is 7.07. The highest BCUT2D eigenvalue weighted by Crippen LogP contribution is 2.25. The Kier molecular flexibility index (Phi) is 5.34. The van der Waals surface area contributed by atoms with E-state index in [1.165, 1.54) is 12.1 Å². The Bertz CT molecular complexity index is 432. The van der Waals surface area contributed by atoms with Gasteiger partial charge in [0.2, 0.25) is 0 Å². The molecular formula is C15H23FN2O2. The topological polar surface area (TPSA) is 35.9 Å². The number of halogens is 1. The molecule has 2 rings (SSSR count). The third-order valence-electron chi connectivity index (χ3n) is 3.69. The van der Waals surface area contributed by atoms with Crippen LogP contribution in [0.3, 0.4) is 0 Å². The van der Waals surface area contributed by atoms with Gasteiger partial charge in [-0.1, -0.05) is 0 Å². The molecule has 1 saturated heterocycles. The fourth-order valence-corrected chi connectivity index (χ4v) is 2.33. The highest BCUT2D eigenvalue weighted by atomic mass is 19.1. The van der Waals surface area contributed by atoms with Gasteiger partial charge in [-0.05, 0) is 26.1 Å². The molecule has 5 heteroatoms. The number of hydrogen-bond acceptors (Lipinski definition) is 4. The van der Waals surface area contributed by atoms with Gasteiger partial charge in [0, 0.05) is 44.4 Å². The Morgan fingerprint density at radius 3 is 2.65 bits per heavy atom. The molecule has 20 heavy (non-hydrogen) atoms. The molecule has 0 spiro atoms. The number of ether oxygens (including phenoxy) is 1. The molecule has 0 aliphatic carbocycles. The van der Waals surface area contributed by atoms with Crippen LogP contribution >= 0.6 is 0 Å². The summed E-state index contributed by atoms with van der Waals surface area (Å²) in [6.45, 7) is 7.19. The van der Waals surface area contributed by atoms with Crippen LogP contribution < -0.4 is 4.74 Å². The Balaban J connectivity index is 1.86. The number of piperazine rings is 1. The van der Waals surface area contributed by atoms with Gasteiger partial charge in [-0.2, -0.15) is 0 Å². The summed E-state index contributed by atoms with van der Waals surface area (Å²) in [6.07, 6.45) is -0.658. The Hall–Kier alpha value is -1.17. The predicted octanol–water partition coefficient (Wildman–Crippen LogP) is 1.51. The van der Waals surface area contributed by atoms with Gasteiger partial charge in [-0.25, -0.2) is 4.39 Å². The van der Waals surface area contributed by atoms with Crippen molar-refractivity contribution in [3.8, 4) is 5.75 Å². The van der Waals surface area contributed by atoms with E-state index >= 15 is 0 Å². The molecule has 1 N–H and O–H groups in total. The average molecular weight is 282 g/mol.